The number of hydrogen-bond donors (Lipinski definition) is 0. The van der Waals surface area contributed by atoms with E-state index in [2.05, 4.69) is 0 Å². The molecule has 1 fully saturated rings. The van der Waals surface area contributed by atoms with Gasteiger partial charge in [0.1, 0.15) is 11.5 Å². The summed E-state index contributed by atoms with van der Waals surface area (Å²) in [7, 11) is -2.00. The van der Waals surface area contributed by atoms with Gasteiger partial charge in [0.15, 0.2) is 6.61 Å². The zero-order chi connectivity index (χ0) is 23.7. The Balaban J connectivity index is 1.33. The smallest absolute Gasteiger partial charge is 0.306 e. The number of piperazine rings is 1. The molecule has 0 aliphatic carbocycles. The van der Waals surface area contributed by atoms with Crippen molar-refractivity contribution >= 4 is 21.9 Å². The summed E-state index contributed by atoms with van der Waals surface area (Å²) in [5.74, 6) is 0.587. The van der Waals surface area contributed by atoms with Crippen molar-refractivity contribution in [2.24, 2.45) is 0 Å². The molecule has 1 saturated heterocycles. The first kappa shape index (κ1) is 24.5. The number of carbonyl (C=O) groups excluding carboxylic acids is 2. The summed E-state index contributed by atoms with van der Waals surface area (Å²) in [5.41, 5.74) is 0. The van der Waals surface area contributed by atoms with Crippen LogP contribution in [0.25, 0.3) is 0 Å². The number of carbonyl (C=O) groups is 2. The maximum absolute atomic E-state index is 12.7. The van der Waals surface area contributed by atoms with Gasteiger partial charge in [-0.1, -0.05) is 18.2 Å². The molecular weight excluding hydrogens is 448 g/mol. The predicted octanol–water partition coefficient (Wildman–Crippen LogP) is 1.93. The maximum Gasteiger partial charge on any atom is 0.306 e. The highest BCUT2D eigenvalue weighted by molar-refractivity contribution is 7.89. The van der Waals surface area contributed by atoms with Crippen LogP contribution in [0, 0.1) is 0 Å². The Morgan fingerprint density at radius 1 is 0.909 bits per heavy atom. The van der Waals surface area contributed by atoms with Crippen LogP contribution in [0.5, 0.6) is 11.5 Å². The van der Waals surface area contributed by atoms with Gasteiger partial charge >= 0.3 is 5.97 Å². The summed E-state index contributed by atoms with van der Waals surface area (Å²) < 4.78 is 42.4. The Bertz CT molecular complexity index is 1020. The molecule has 33 heavy (non-hydrogen) atoms. The van der Waals surface area contributed by atoms with Crippen LogP contribution in [0.3, 0.4) is 0 Å². The molecule has 0 unspecified atom stereocenters. The number of nitrogens with zero attached hydrogens (tertiary/aromatic N) is 2. The molecule has 0 spiro atoms. The van der Waals surface area contributed by atoms with E-state index in [0.29, 0.717) is 18.8 Å². The van der Waals surface area contributed by atoms with Crippen LogP contribution in [0.2, 0.25) is 0 Å². The number of rotatable bonds is 10. The number of ether oxygens (including phenoxy) is 3. The van der Waals surface area contributed by atoms with E-state index in [1.54, 1.807) is 61.7 Å². The van der Waals surface area contributed by atoms with Crippen LogP contribution in [0.15, 0.2) is 59.5 Å². The van der Waals surface area contributed by atoms with Crippen LogP contribution in [0.4, 0.5) is 0 Å². The molecule has 2 aromatic rings. The molecule has 10 heteroatoms. The summed E-state index contributed by atoms with van der Waals surface area (Å²) >= 11 is 0. The molecule has 1 heterocycles. The normalized spacial score (nSPS) is 14.5. The number of sulfonamides is 1. The molecule has 0 saturated carbocycles. The fraction of sp³-hybridized carbons (Fsp3) is 0.391. The Hall–Kier alpha value is -3.11. The summed E-state index contributed by atoms with van der Waals surface area (Å²) in [6.07, 6.45) is 0.585. The summed E-state index contributed by atoms with van der Waals surface area (Å²) in [6, 6.07) is 15.3. The van der Waals surface area contributed by atoms with Crippen LogP contribution < -0.4 is 9.47 Å². The lowest BCUT2D eigenvalue weighted by Crippen LogP contribution is -2.51. The number of methoxy groups -OCH3 is 1. The fourth-order valence-corrected chi connectivity index (χ4v) is 4.75. The van der Waals surface area contributed by atoms with Gasteiger partial charge < -0.3 is 19.1 Å². The lowest BCUT2D eigenvalue weighted by Gasteiger charge is -2.33. The third kappa shape index (κ3) is 6.93. The van der Waals surface area contributed by atoms with E-state index < -0.39 is 16.0 Å². The molecule has 9 nitrogen and oxygen atoms in total. The van der Waals surface area contributed by atoms with Gasteiger partial charge in [-0.15, -0.1) is 0 Å². The highest BCUT2D eigenvalue weighted by atomic mass is 32.2. The van der Waals surface area contributed by atoms with Crippen molar-refractivity contribution in [2.75, 3.05) is 46.5 Å². The van der Waals surface area contributed by atoms with Gasteiger partial charge in [-0.3, -0.25) is 9.59 Å². The van der Waals surface area contributed by atoms with Gasteiger partial charge in [0.25, 0.3) is 5.91 Å². The lowest BCUT2D eigenvalue weighted by molar-refractivity contribution is -0.152. The third-order valence-electron chi connectivity index (χ3n) is 5.18. The Morgan fingerprint density at radius 2 is 1.55 bits per heavy atom. The van der Waals surface area contributed by atoms with E-state index in [0.717, 1.165) is 5.75 Å². The summed E-state index contributed by atoms with van der Waals surface area (Å²) in [5, 5.41) is 0. The first-order valence-corrected chi connectivity index (χ1v) is 12.1. The van der Waals surface area contributed by atoms with E-state index in [9.17, 15) is 18.0 Å². The average molecular weight is 477 g/mol. The molecule has 0 N–H and O–H groups in total. The second-order valence-corrected chi connectivity index (χ2v) is 9.32. The van der Waals surface area contributed by atoms with E-state index in [1.165, 1.54) is 9.21 Å². The van der Waals surface area contributed by atoms with Gasteiger partial charge in [0.2, 0.25) is 10.0 Å². The molecule has 2 aromatic carbocycles. The fourth-order valence-electron chi connectivity index (χ4n) is 3.30. The minimum atomic E-state index is -3.58. The van der Waals surface area contributed by atoms with Crippen LogP contribution >= 0.6 is 0 Å². The van der Waals surface area contributed by atoms with Gasteiger partial charge in [0, 0.05) is 32.6 Å². The summed E-state index contributed by atoms with van der Waals surface area (Å²) in [4.78, 5) is 26.0. The van der Waals surface area contributed by atoms with Crippen LogP contribution in [0.1, 0.15) is 12.8 Å². The summed E-state index contributed by atoms with van der Waals surface area (Å²) in [6.45, 7) is 0.867. The number of amides is 1. The Kier molecular flexibility index (Phi) is 8.67. The quantitative estimate of drug-likeness (QED) is 0.381. The van der Waals surface area contributed by atoms with E-state index in [4.69, 9.17) is 14.2 Å². The standard InChI is InChI=1S/C23H28N2O7S/c1-30-19-9-11-20(12-10-19)31-17-5-8-23(27)32-18-22(26)24-13-15-25(16-14-24)33(28,29)21-6-3-2-4-7-21/h2-4,6-7,9-12H,5,8,13-18H2,1H3. The van der Waals surface area contributed by atoms with Crippen molar-refractivity contribution in [3.05, 3.63) is 54.6 Å². The average Bonchev–Trinajstić information content (AvgIpc) is 2.86. The topological polar surface area (TPSA) is 102 Å². The Labute approximate surface area is 193 Å². The van der Waals surface area contributed by atoms with Crippen LogP contribution in [-0.2, 0) is 24.3 Å². The maximum atomic E-state index is 12.7. The molecule has 0 atom stereocenters. The minimum absolute atomic E-state index is 0.131. The highest BCUT2D eigenvalue weighted by Gasteiger charge is 2.30. The SMILES string of the molecule is COc1ccc(OCCCC(=O)OCC(=O)N2CCN(S(=O)(=O)c3ccccc3)CC2)cc1. The molecule has 1 aliphatic heterocycles. The van der Waals surface area contributed by atoms with E-state index >= 15 is 0 Å². The van der Waals surface area contributed by atoms with Crippen molar-refractivity contribution in [2.45, 2.75) is 17.7 Å². The molecule has 1 aliphatic rings. The van der Waals surface area contributed by atoms with Crippen molar-refractivity contribution in [1.82, 2.24) is 9.21 Å². The molecular formula is C23H28N2O7S. The number of hydrogen-bond acceptors (Lipinski definition) is 7. The minimum Gasteiger partial charge on any atom is -0.497 e. The number of esters is 1. The monoisotopic (exact) mass is 476 g/mol. The molecule has 3 rings (SSSR count). The largest absolute Gasteiger partial charge is 0.497 e. The third-order valence-corrected chi connectivity index (χ3v) is 7.10. The Morgan fingerprint density at radius 3 is 2.18 bits per heavy atom. The van der Waals surface area contributed by atoms with Crippen molar-refractivity contribution in [3.63, 3.8) is 0 Å². The van der Waals surface area contributed by atoms with Crippen molar-refractivity contribution in [3.8, 4) is 11.5 Å². The van der Waals surface area contributed by atoms with Crippen molar-refractivity contribution < 1.29 is 32.2 Å². The number of benzene rings is 2. The zero-order valence-corrected chi connectivity index (χ0v) is 19.3. The van der Waals surface area contributed by atoms with Gasteiger partial charge in [-0.25, -0.2) is 8.42 Å². The second-order valence-electron chi connectivity index (χ2n) is 7.39. The predicted molar refractivity (Wildman–Crippen MR) is 120 cm³/mol. The first-order valence-electron chi connectivity index (χ1n) is 10.7. The van der Waals surface area contributed by atoms with Gasteiger partial charge in [-0.05, 0) is 42.8 Å². The molecule has 0 radical (unpaired) electrons. The molecule has 178 valence electrons. The first-order chi connectivity index (χ1) is 15.9. The van der Waals surface area contributed by atoms with E-state index in [-0.39, 0.29) is 50.0 Å². The molecule has 0 bridgehead atoms. The molecule has 1 amide bonds. The van der Waals surface area contributed by atoms with Crippen molar-refractivity contribution in [1.29, 1.82) is 0 Å². The lowest BCUT2D eigenvalue weighted by atomic mass is 10.3. The van der Waals surface area contributed by atoms with E-state index in [1.807, 2.05) is 0 Å². The second kappa shape index (κ2) is 11.7. The van der Waals surface area contributed by atoms with Crippen LogP contribution in [-0.4, -0.2) is 76.0 Å². The molecule has 0 aromatic heterocycles. The highest BCUT2D eigenvalue weighted by Crippen LogP contribution is 2.18. The van der Waals surface area contributed by atoms with Gasteiger partial charge in [0.05, 0.1) is 18.6 Å². The van der Waals surface area contributed by atoms with Gasteiger partial charge in [-0.2, -0.15) is 4.31 Å². The zero-order valence-electron chi connectivity index (χ0n) is 18.5.